The standard InChI is InChI=1S/C7H10FGe.3C3H8N.Zr/c1-9(2,8)7-5-3-4-6-7;3*1-2-3-4;/h3-6H,1-2H3;3*4H,2-3H2,1H3;/q4*-1;+4. The van der Waals surface area contributed by atoms with Gasteiger partial charge in [0.2, 0.25) is 0 Å². The van der Waals surface area contributed by atoms with Gasteiger partial charge < -0.3 is 17.2 Å². The molecule has 0 aliphatic carbocycles. The molecule has 128 valence electrons. The van der Waals surface area contributed by atoms with Crippen molar-refractivity contribution in [1.29, 1.82) is 0 Å². The maximum absolute atomic E-state index is 13.1. The summed E-state index contributed by atoms with van der Waals surface area (Å²) in [4.78, 5) is 0. The Balaban J connectivity index is -0.000000107. The SMILES string of the molecule is CCC[NH-].CCC[NH-].CCC[NH-].[CH3][Ge]([CH3])([F])[c-]1cccc1.[Zr+4]. The molecule has 1 aromatic carbocycles. The van der Waals surface area contributed by atoms with Crippen LogP contribution in [0.25, 0.3) is 17.2 Å². The van der Waals surface area contributed by atoms with Crippen LogP contribution in [0.5, 0.6) is 0 Å². The van der Waals surface area contributed by atoms with E-state index < -0.39 is 13.7 Å². The van der Waals surface area contributed by atoms with Crippen LogP contribution in [-0.4, -0.2) is 33.4 Å². The summed E-state index contributed by atoms with van der Waals surface area (Å²) in [6.45, 7) is 7.69. The molecular formula is C16H34FGeN3Zr. The van der Waals surface area contributed by atoms with E-state index in [1.54, 1.807) is 11.5 Å². The van der Waals surface area contributed by atoms with Crippen molar-refractivity contribution < 1.29 is 29.7 Å². The van der Waals surface area contributed by atoms with Gasteiger partial charge in [0.05, 0.1) is 0 Å². The zero-order chi connectivity index (χ0) is 17.1. The van der Waals surface area contributed by atoms with Crippen molar-refractivity contribution >= 4 is 18.1 Å². The van der Waals surface area contributed by atoms with Gasteiger partial charge in [0.15, 0.2) is 0 Å². The van der Waals surface area contributed by atoms with Crippen LogP contribution in [0, 0.1) is 0 Å². The molecule has 1 aromatic rings. The van der Waals surface area contributed by atoms with Crippen LogP contribution >= 0.6 is 0 Å². The van der Waals surface area contributed by atoms with Gasteiger partial charge in [-0.05, 0) is 0 Å². The van der Waals surface area contributed by atoms with Gasteiger partial charge in [-0.1, -0.05) is 40.0 Å². The van der Waals surface area contributed by atoms with E-state index in [2.05, 4.69) is 0 Å². The van der Waals surface area contributed by atoms with Crippen LogP contribution in [0.2, 0.25) is 11.5 Å². The molecule has 0 heterocycles. The smallest absolute Gasteiger partial charge is 4.00 e. The summed E-state index contributed by atoms with van der Waals surface area (Å²) >= 11 is -2.94. The molecule has 3 N–H and O–H groups in total. The van der Waals surface area contributed by atoms with Crippen molar-refractivity contribution in [2.75, 3.05) is 19.6 Å². The van der Waals surface area contributed by atoms with Gasteiger partial charge in [0.1, 0.15) is 0 Å². The van der Waals surface area contributed by atoms with Crippen molar-refractivity contribution in [2.45, 2.75) is 51.5 Å². The minimum Gasteiger partial charge on any atom is 4.00 e. The number of hydrogen-bond donors (Lipinski definition) is 0. The molecule has 0 spiro atoms. The summed E-state index contributed by atoms with van der Waals surface area (Å²) in [6, 6.07) is 7.53. The van der Waals surface area contributed by atoms with E-state index in [-0.39, 0.29) is 26.2 Å². The van der Waals surface area contributed by atoms with Crippen molar-refractivity contribution in [2.24, 2.45) is 0 Å². The Morgan fingerprint density at radius 2 is 1.05 bits per heavy atom. The maximum Gasteiger partial charge on any atom is 4.00 e. The third-order valence-corrected chi connectivity index (χ3v) is 5.68. The molecule has 0 aliphatic rings. The van der Waals surface area contributed by atoms with Crippen molar-refractivity contribution in [3.63, 3.8) is 0 Å². The molecule has 3 nitrogen and oxygen atoms in total. The second-order valence-electron chi connectivity index (χ2n) is 4.90. The predicted octanol–water partition coefficient (Wildman–Crippen LogP) is 6.13. The van der Waals surface area contributed by atoms with Crippen LogP contribution < -0.4 is 4.40 Å². The molecule has 0 bridgehead atoms. The van der Waals surface area contributed by atoms with Gasteiger partial charge in [-0.15, -0.1) is 0 Å². The molecular weight excluding hydrogens is 417 g/mol. The Hall–Kier alpha value is 0.586. The normalized spacial score (nSPS) is 8.95. The molecule has 0 atom stereocenters. The predicted molar refractivity (Wildman–Crippen MR) is 98.7 cm³/mol. The zero-order valence-corrected chi connectivity index (χ0v) is 19.5. The summed E-state index contributed by atoms with van der Waals surface area (Å²) in [7, 11) is 0. The van der Waals surface area contributed by atoms with E-state index in [9.17, 15) is 3.50 Å². The maximum atomic E-state index is 13.1. The van der Waals surface area contributed by atoms with Gasteiger partial charge >= 0.3 is 83.6 Å². The molecule has 0 aromatic heterocycles. The minimum absolute atomic E-state index is 0. The molecule has 22 heavy (non-hydrogen) atoms. The Labute approximate surface area is 159 Å². The van der Waals surface area contributed by atoms with Crippen LogP contribution in [-0.2, 0) is 26.2 Å². The minimum atomic E-state index is -2.94. The van der Waals surface area contributed by atoms with Crippen LogP contribution in [0.4, 0.5) is 3.50 Å². The summed E-state index contributed by atoms with van der Waals surface area (Å²) in [6.07, 6.45) is 2.96. The Kier molecular flexibility index (Phi) is 33.0. The summed E-state index contributed by atoms with van der Waals surface area (Å²) < 4.78 is 14.1. The van der Waals surface area contributed by atoms with E-state index in [1.807, 2.05) is 45.0 Å². The quantitative estimate of drug-likeness (QED) is 0.390. The number of hydrogen-bond acceptors (Lipinski definition) is 0. The average molecular weight is 451 g/mol. The van der Waals surface area contributed by atoms with Gasteiger partial charge in [0, 0.05) is 0 Å². The second kappa shape index (κ2) is 23.8. The third kappa shape index (κ3) is 28.7. The Morgan fingerprint density at radius 1 is 0.818 bits per heavy atom. The molecule has 0 radical (unpaired) electrons. The molecule has 0 fully saturated rings. The van der Waals surface area contributed by atoms with E-state index in [0.717, 1.165) is 23.7 Å². The fourth-order valence-corrected chi connectivity index (χ4v) is 2.84. The molecule has 0 aliphatic heterocycles. The van der Waals surface area contributed by atoms with Crippen LogP contribution in [0.3, 0.4) is 0 Å². The molecule has 0 unspecified atom stereocenters. The first-order valence-corrected chi connectivity index (χ1v) is 13.7. The fraction of sp³-hybridized carbons (Fsp3) is 0.688. The van der Waals surface area contributed by atoms with Crippen molar-refractivity contribution in [3.8, 4) is 0 Å². The van der Waals surface area contributed by atoms with Gasteiger partial charge in [0.25, 0.3) is 0 Å². The van der Waals surface area contributed by atoms with E-state index >= 15 is 0 Å². The Bertz CT molecular complexity index is 249. The van der Waals surface area contributed by atoms with E-state index in [0.29, 0.717) is 19.6 Å². The topological polar surface area (TPSA) is 71.4 Å². The number of halogens is 1. The molecule has 6 heteroatoms. The first-order chi connectivity index (χ1) is 9.85. The Morgan fingerprint density at radius 3 is 1.14 bits per heavy atom. The molecule has 0 amide bonds. The van der Waals surface area contributed by atoms with Gasteiger partial charge in [-0.25, -0.2) is 0 Å². The number of rotatable bonds is 4. The number of nitrogens with one attached hydrogen (secondary N) is 3. The second-order valence-corrected chi connectivity index (χ2v) is 12.3. The molecule has 0 saturated carbocycles. The summed E-state index contributed by atoms with van der Waals surface area (Å²) in [5.41, 5.74) is 19.4. The first kappa shape index (κ1) is 30.5. The molecule has 0 saturated heterocycles. The van der Waals surface area contributed by atoms with Crippen LogP contribution in [0.1, 0.15) is 40.0 Å². The van der Waals surface area contributed by atoms with Gasteiger partial charge in [-0.2, -0.15) is 19.6 Å². The monoisotopic (exact) mass is 451 g/mol. The molecule has 1 rings (SSSR count). The van der Waals surface area contributed by atoms with Crippen molar-refractivity contribution in [3.05, 3.63) is 41.5 Å². The average Bonchev–Trinajstić information content (AvgIpc) is 3.02. The summed E-state index contributed by atoms with van der Waals surface area (Å²) in [5, 5.41) is 0. The van der Waals surface area contributed by atoms with Crippen molar-refractivity contribution in [1.82, 2.24) is 0 Å². The van der Waals surface area contributed by atoms with E-state index in [1.165, 1.54) is 0 Å². The van der Waals surface area contributed by atoms with Crippen LogP contribution in [0.15, 0.2) is 24.3 Å². The summed E-state index contributed by atoms with van der Waals surface area (Å²) in [5.74, 6) is 3.49. The largest absolute Gasteiger partial charge is 4.00 e. The first-order valence-electron chi connectivity index (χ1n) is 7.70. The third-order valence-electron chi connectivity index (χ3n) is 2.10. The fourth-order valence-electron chi connectivity index (χ4n) is 0.770. The zero-order valence-electron chi connectivity index (χ0n) is 14.9. The van der Waals surface area contributed by atoms with E-state index in [4.69, 9.17) is 17.2 Å². The van der Waals surface area contributed by atoms with Gasteiger partial charge in [-0.3, -0.25) is 0 Å².